The lowest BCUT2D eigenvalue weighted by Gasteiger charge is -2.58. The summed E-state index contributed by atoms with van der Waals surface area (Å²) in [6.45, 7) is 1.16. The van der Waals surface area contributed by atoms with Crippen molar-refractivity contribution in [2.24, 2.45) is 10.8 Å². The Labute approximate surface area is 239 Å². The molecule has 0 saturated carbocycles. The summed E-state index contributed by atoms with van der Waals surface area (Å²) in [5, 5.41) is 3.07. The number of anilines is 2. The number of hydrogen-bond acceptors (Lipinski definition) is 9. The molecule has 2 spiro atoms. The van der Waals surface area contributed by atoms with Crippen molar-refractivity contribution in [3.05, 3.63) is 59.7 Å². The van der Waals surface area contributed by atoms with Crippen LogP contribution in [0, 0.1) is 10.8 Å². The van der Waals surface area contributed by atoms with Gasteiger partial charge in [0.15, 0.2) is 0 Å². The molecule has 4 fully saturated rings. The van der Waals surface area contributed by atoms with Crippen molar-refractivity contribution in [3.8, 4) is 0 Å². The van der Waals surface area contributed by atoms with Gasteiger partial charge in [0, 0.05) is 19.8 Å². The van der Waals surface area contributed by atoms with Crippen molar-refractivity contribution in [1.29, 1.82) is 0 Å². The van der Waals surface area contributed by atoms with E-state index >= 15 is 0 Å². The summed E-state index contributed by atoms with van der Waals surface area (Å²) in [5.41, 5.74) is -1.62. The highest BCUT2D eigenvalue weighted by molar-refractivity contribution is 6.59. The van der Waals surface area contributed by atoms with E-state index in [0.29, 0.717) is 14.7 Å². The highest BCUT2D eigenvalue weighted by atomic mass is 16.2. The number of carbonyl (C=O) groups is 8. The lowest BCUT2D eigenvalue weighted by molar-refractivity contribution is -0.206. The first-order chi connectivity index (χ1) is 19.9. The number of nitrogens with one attached hydrogen (secondary N) is 1. The van der Waals surface area contributed by atoms with Crippen molar-refractivity contribution >= 4 is 58.6 Å². The van der Waals surface area contributed by atoms with E-state index in [1.54, 1.807) is 24.3 Å². The smallest absolute Gasteiger partial charge is 0.285 e. The van der Waals surface area contributed by atoms with Crippen LogP contribution in [0.15, 0.2) is 48.5 Å². The molecule has 214 valence electrons. The number of likely N-dealkylation sites (tertiary alicyclic amines) is 3. The van der Waals surface area contributed by atoms with Crippen LogP contribution in [0.4, 0.5) is 11.4 Å². The van der Waals surface area contributed by atoms with Crippen LogP contribution in [0.1, 0.15) is 24.5 Å². The van der Waals surface area contributed by atoms with Crippen LogP contribution in [0.5, 0.6) is 0 Å². The number of aryl methyl sites for hydroxylation is 2. The fourth-order valence-corrected chi connectivity index (χ4v) is 5.99. The molecule has 42 heavy (non-hydrogen) atoms. The fraction of sp³-hybridized carbons (Fsp3) is 0.310. The molecule has 1 unspecified atom stereocenters. The Balaban J connectivity index is 1.08. The molecule has 0 aromatic heterocycles. The van der Waals surface area contributed by atoms with E-state index in [1.165, 1.54) is 5.56 Å². The highest BCUT2D eigenvalue weighted by Gasteiger charge is 2.84. The number of nitrogens with zero attached hydrogens (tertiary/aromatic N) is 4. The van der Waals surface area contributed by atoms with Crippen LogP contribution in [0.25, 0.3) is 0 Å². The van der Waals surface area contributed by atoms with E-state index < -0.39 is 64.3 Å². The quantitative estimate of drug-likeness (QED) is 0.335. The second kappa shape index (κ2) is 8.90. The molecule has 1 N–H and O–H groups in total. The van der Waals surface area contributed by atoms with Gasteiger partial charge in [0.05, 0.1) is 5.69 Å². The molecule has 4 aliphatic rings. The van der Waals surface area contributed by atoms with Crippen molar-refractivity contribution in [2.45, 2.75) is 32.4 Å². The Bertz CT molecular complexity index is 1580. The zero-order chi connectivity index (χ0) is 30.3. The van der Waals surface area contributed by atoms with Crippen molar-refractivity contribution in [3.63, 3.8) is 0 Å². The third-order valence-electron chi connectivity index (χ3n) is 8.57. The highest BCUT2D eigenvalue weighted by Crippen LogP contribution is 2.50. The standard InChI is InChI=1S/C29H25N5O8/c1-15(32-22(37)28(23(32)38)20(35)31(3)21(28)36)33-24(39)29(25(33)40)26(41)34(27(29)42)19-13-9-17(10-14-19)6-4-5-16-7-11-18(30-2)12-8-16/h7-15,30H,4-6H2,1-3H3. The summed E-state index contributed by atoms with van der Waals surface area (Å²) in [4.78, 5) is 104. The number of imide groups is 4. The number of rotatable bonds is 8. The van der Waals surface area contributed by atoms with Crippen molar-refractivity contribution < 1.29 is 38.4 Å². The first-order valence-electron chi connectivity index (χ1n) is 13.3. The SMILES string of the molecule is CNc1ccc(CCCc2ccc(N3C(=O)C4(C3=O)C(=O)N(C(C)N3C(=O)C5(C(=O)N(C)C5=O)C3=O)C4=O)cc2)cc1. The van der Waals surface area contributed by atoms with Crippen LogP contribution in [-0.2, 0) is 51.2 Å². The minimum atomic E-state index is -2.56. The second-order valence-electron chi connectivity index (χ2n) is 10.7. The molecule has 0 bridgehead atoms. The number of amides is 8. The van der Waals surface area contributed by atoms with Crippen LogP contribution in [-0.4, -0.2) is 82.2 Å². The van der Waals surface area contributed by atoms with Crippen LogP contribution >= 0.6 is 0 Å². The minimum absolute atomic E-state index is 0.204. The van der Waals surface area contributed by atoms with Gasteiger partial charge in [0.25, 0.3) is 58.1 Å². The number of benzene rings is 2. The Morgan fingerprint density at radius 3 is 1.45 bits per heavy atom. The maximum atomic E-state index is 13.1. The monoisotopic (exact) mass is 571 g/mol. The van der Waals surface area contributed by atoms with Crippen LogP contribution < -0.4 is 10.2 Å². The Morgan fingerprint density at radius 2 is 1.02 bits per heavy atom. The molecule has 1 atom stereocenters. The van der Waals surface area contributed by atoms with Gasteiger partial charge in [0.1, 0.15) is 6.17 Å². The molecule has 6 rings (SSSR count). The molecule has 8 amide bonds. The van der Waals surface area contributed by atoms with Gasteiger partial charge in [-0.1, -0.05) is 24.3 Å². The summed E-state index contributed by atoms with van der Waals surface area (Å²) in [7, 11) is 2.98. The van der Waals surface area contributed by atoms with Gasteiger partial charge >= 0.3 is 0 Å². The average molecular weight is 572 g/mol. The summed E-state index contributed by atoms with van der Waals surface area (Å²) in [5.74, 6) is -8.68. The zero-order valence-corrected chi connectivity index (χ0v) is 22.9. The Hall–Kier alpha value is -5.20. The van der Waals surface area contributed by atoms with E-state index in [0.717, 1.165) is 49.4 Å². The van der Waals surface area contributed by atoms with E-state index in [4.69, 9.17) is 0 Å². The van der Waals surface area contributed by atoms with Gasteiger partial charge in [0.2, 0.25) is 0 Å². The Kier molecular flexibility index (Phi) is 5.72. The van der Waals surface area contributed by atoms with Crippen LogP contribution in [0.2, 0.25) is 0 Å². The lowest BCUT2D eigenvalue weighted by atomic mass is 9.66. The lowest BCUT2D eigenvalue weighted by Crippen LogP contribution is -2.89. The summed E-state index contributed by atoms with van der Waals surface area (Å²) < 4.78 is 0. The van der Waals surface area contributed by atoms with Crippen molar-refractivity contribution in [2.75, 3.05) is 24.3 Å². The number of β-lactam (4-membered cyclic amide) rings is 8. The predicted octanol–water partition coefficient (Wildman–Crippen LogP) is -0.168. The molecule has 0 radical (unpaired) electrons. The van der Waals surface area contributed by atoms with E-state index in [1.807, 2.05) is 19.2 Å². The summed E-state index contributed by atoms with van der Waals surface area (Å²) >= 11 is 0. The predicted molar refractivity (Wildman–Crippen MR) is 143 cm³/mol. The number of hydrogen-bond donors (Lipinski definition) is 1. The van der Waals surface area contributed by atoms with Crippen LogP contribution in [0.3, 0.4) is 0 Å². The van der Waals surface area contributed by atoms with E-state index in [2.05, 4.69) is 17.4 Å². The molecule has 4 aliphatic heterocycles. The number of carbonyl (C=O) groups excluding carboxylic acids is 8. The zero-order valence-electron chi connectivity index (χ0n) is 22.9. The third-order valence-corrected chi connectivity index (χ3v) is 8.57. The second-order valence-corrected chi connectivity index (χ2v) is 10.7. The van der Waals surface area contributed by atoms with Gasteiger partial charge < -0.3 is 5.32 Å². The van der Waals surface area contributed by atoms with E-state index in [9.17, 15) is 38.4 Å². The molecule has 0 aliphatic carbocycles. The van der Waals surface area contributed by atoms with Gasteiger partial charge in [-0.25, -0.2) is 4.90 Å². The first-order valence-corrected chi connectivity index (χ1v) is 13.3. The molecular weight excluding hydrogens is 546 g/mol. The van der Waals surface area contributed by atoms with Gasteiger partial charge in [-0.3, -0.25) is 53.1 Å². The van der Waals surface area contributed by atoms with Gasteiger partial charge in [-0.2, -0.15) is 0 Å². The normalized spacial score (nSPS) is 21.0. The van der Waals surface area contributed by atoms with Gasteiger partial charge in [-0.05, 0) is 61.6 Å². The first kappa shape index (κ1) is 27.0. The Morgan fingerprint density at radius 1 is 0.619 bits per heavy atom. The third kappa shape index (κ3) is 3.02. The molecule has 13 heteroatoms. The molecule has 4 saturated heterocycles. The molecular formula is C29H25N5O8. The molecule has 2 aromatic carbocycles. The fourth-order valence-electron chi connectivity index (χ4n) is 5.99. The van der Waals surface area contributed by atoms with E-state index in [-0.39, 0.29) is 5.69 Å². The average Bonchev–Trinajstić information content (AvgIpc) is 2.98. The summed E-state index contributed by atoms with van der Waals surface area (Å²) in [6, 6.07) is 14.8. The maximum Gasteiger partial charge on any atom is 0.285 e. The molecule has 4 heterocycles. The van der Waals surface area contributed by atoms with Gasteiger partial charge in [-0.15, -0.1) is 0 Å². The minimum Gasteiger partial charge on any atom is -0.388 e. The molecule has 2 aromatic rings. The molecule has 13 nitrogen and oxygen atoms in total. The summed E-state index contributed by atoms with van der Waals surface area (Å²) in [6.07, 6.45) is 0.979. The maximum absolute atomic E-state index is 13.1. The van der Waals surface area contributed by atoms with Crippen molar-refractivity contribution in [1.82, 2.24) is 14.7 Å². The largest absolute Gasteiger partial charge is 0.388 e. The topological polar surface area (TPSA) is 162 Å².